The standard InChI is InChI=1S/C36H23N2O/c1-21-12-16-27-28-17-15-25(20-37)34(36(28)39-35(27)31(21)30-11-3-4-18-38(30)2)29-19-24-9-5-7-22-13-14-23-8-6-10-26(29)33(23)32(22)24/h3-19H,1-2H3/q+1. The second-order valence-electron chi connectivity index (χ2n) is 10.4. The zero-order valence-electron chi connectivity index (χ0n) is 21.6. The van der Waals surface area contributed by atoms with Crippen LogP contribution in [0.25, 0.3) is 76.6 Å². The number of nitriles is 1. The molecule has 0 unspecified atom stereocenters. The SMILES string of the molecule is Cc1ccc2c(oc3c(-c4cc5cccc6ccc7cccc4c7c65)c(C#N)ccc32)c1-c1cccc[n+]1C. The van der Waals surface area contributed by atoms with E-state index in [1.807, 2.05) is 18.2 Å². The van der Waals surface area contributed by atoms with Crippen LogP contribution < -0.4 is 4.57 Å². The van der Waals surface area contributed by atoms with Gasteiger partial charge in [0, 0.05) is 28.5 Å². The van der Waals surface area contributed by atoms with Crippen LogP contribution in [0.3, 0.4) is 0 Å². The van der Waals surface area contributed by atoms with Gasteiger partial charge in [-0.25, -0.2) is 4.57 Å². The first-order valence-electron chi connectivity index (χ1n) is 13.1. The molecule has 6 aromatic carbocycles. The summed E-state index contributed by atoms with van der Waals surface area (Å²) in [5, 5.41) is 19.6. The van der Waals surface area contributed by atoms with Crippen LogP contribution in [0.1, 0.15) is 11.1 Å². The van der Waals surface area contributed by atoms with Crippen LogP contribution in [-0.2, 0) is 7.05 Å². The number of fused-ring (bicyclic) bond motifs is 3. The normalized spacial score (nSPS) is 11.8. The molecule has 39 heavy (non-hydrogen) atoms. The lowest BCUT2D eigenvalue weighted by atomic mass is 9.87. The van der Waals surface area contributed by atoms with Gasteiger partial charge in [0.1, 0.15) is 18.2 Å². The van der Waals surface area contributed by atoms with Crippen LogP contribution in [0.5, 0.6) is 0 Å². The number of pyridine rings is 1. The number of nitrogens with zero attached hydrogens (tertiary/aromatic N) is 2. The lowest BCUT2D eigenvalue weighted by molar-refractivity contribution is -0.660. The van der Waals surface area contributed by atoms with Crippen molar-refractivity contribution in [2.24, 2.45) is 7.05 Å². The monoisotopic (exact) mass is 499 g/mol. The maximum atomic E-state index is 10.3. The average molecular weight is 500 g/mol. The van der Waals surface area contributed by atoms with Crippen molar-refractivity contribution in [3.8, 4) is 28.5 Å². The van der Waals surface area contributed by atoms with Crippen LogP contribution in [-0.4, -0.2) is 0 Å². The highest BCUT2D eigenvalue weighted by molar-refractivity contribution is 6.27. The molecular formula is C36H23N2O+. The van der Waals surface area contributed by atoms with Crippen molar-refractivity contribution in [1.82, 2.24) is 0 Å². The van der Waals surface area contributed by atoms with Crippen molar-refractivity contribution in [2.45, 2.75) is 6.92 Å². The fourth-order valence-corrected chi connectivity index (χ4v) is 6.43. The minimum absolute atomic E-state index is 0.611. The Balaban J connectivity index is 1.56. The predicted molar refractivity (Wildman–Crippen MR) is 159 cm³/mol. The van der Waals surface area contributed by atoms with Crippen molar-refractivity contribution < 1.29 is 8.98 Å². The molecule has 0 fully saturated rings. The van der Waals surface area contributed by atoms with Gasteiger partial charge in [-0.1, -0.05) is 60.7 Å². The Morgan fingerprint density at radius 2 is 1.38 bits per heavy atom. The Morgan fingerprint density at radius 3 is 2.18 bits per heavy atom. The lowest BCUT2D eigenvalue weighted by Gasteiger charge is -2.15. The molecule has 0 amide bonds. The highest BCUT2D eigenvalue weighted by Crippen LogP contribution is 2.46. The summed E-state index contributed by atoms with van der Waals surface area (Å²) in [5.74, 6) is 0. The topological polar surface area (TPSA) is 40.8 Å². The van der Waals surface area contributed by atoms with E-state index < -0.39 is 0 Å². The van der Waals surface area contributed by atoms with Gasteiger partial charge in [0.05, 0.1) is 17.2 Å². The minimum Gasteiger partial charge on any atom is -0.454 e. The van der Waals surface area contributed by atoms with Gasteiger partial charge in [-0.15, -0.1) is 0 Å². The van der Waals surface area contributed by atoms with Gasteiger partial charge in [-0.2, -0.15) is 5.26 Å². The Morgan fingerprint density at radius 1 is 0.667 bits per heavy atom. The molecule has 0 bridgehead atoms. The first-order chi connectivity index (χ1) is 19.1. The zero-order chi connectivity index (χ0) is 26.2. The molecule has 0 saturated heterocycles. The molecular weight excluding hydrogens is 476 g/mol. The molecule has 0 aliphatic carbocycles. The van der Waals surface area contributed by atoms with Gasteiger partial charge in [0.2, 0.25) is 5.69 Å². The molecule has 8 rings (SSSR count). The molecule has 0 radical (unpaired) electrons. The van der Waals surface area contributed by atoms with E-state index in [2.05, 4.69) is 110 Å². The summed E-state index contributed by atoms with van der Waals surface area (Å²) in [6, 6.07) is 36.5. The second-order valence-corrected chi connectivity index (χ2v) is 10.4. The molecule has 2 aromatic heterocycles. The quantitative estimate of drug-likeness (QED) is 0.176. The number of aromatic nitrogens is 1. The summed E-state index contributed by atoms with van der Waals surface area (Å²) >= 11 is 0. The number of rotatable bonds is 2. The minimum atomic E-state index is 0.611. The number of aryl methyl sites for hydroxylation is 2. The van der Waals surface area contributed by atoms with Crippen LogP contribution in [0.2, 0.25) is 0 Å². The van der Waals surface area contributed by atoms with E-state index in [-0.39, 0.29) is 0 Å². The van der Waals surface area contributed by atoms with Crippen LogP contribution in [0.15, 0.2) is 108 Å². The van der Waals surface area contributed by atoms with E-state index in [1.165, 1.54) is 21.5 Å². The Bertz CT molecular complexity index is 2320. The van der Waals surface area contributed by atoms with Gasteiger partial charge in [0.25, 0.3) is 0 Å². The third-order valence-corrected chi connectivity index (χ3v) is 8.23. The molecule has 182 valence electrons. The summed E-state index contributed by atoms with van der Waals surface area (Å²) in [4.78, 5) is 0. The third kappa shape index (κ3) is 2.94. The van der Waals surface area contributed by atoms with Gasteiger partial charge in [0.15, 0.2) is 6.20 Å². The number of benzene rings is 6. The Labute approximate surface area is 225 Å². The Kier molecular flexibility index (Phi) is 4.42. The fourth-order valence-electron chi connectivity index (χ4n) is 6.43. The maximum absolute atomic E-state index is 10.3. The van der Waals surface area contributed by atoms with E-state index in [4.69, 9.17) is 4.42 Å². The first kappa shape index (κ1) is 21.8. The first-order valence-corrected chi connectivity index (χ1v) is 13.1. The van der Waals surface area contributed by atoms with Crippen molar-refractivity contribution in [1.29, 1.82) is 5.26 Å². The number of hydrogen-bond acceptors (Lipinski definition) is 2. The maximum Gasteiger partial charge on any atom is 0.216 e. The van der Waals surface area contributed by atoms with E-state index in [0.717, 1.165) is 60.7 Å². The van der Waals surface area contributed by atoms with Gasteiger partial charge < -0.3 is 4.42 Å². The van der Waals surface area contributed by atoms with Gasteiger partial charge in [-0.3, -0.25) is 0 Å². The summed E-state index contributed by atoms with van der Waals surface area (Å²) in [7, 11) is 2.06. The zero-order valence-corrected chi connectivity index (χ0v) is 21.6. The summed E-state index contributed by atoms with van der Waals surface area (Å²) in [6.45, 7) is 2.12. The largest absolute Gasteiger partial charge is 0.454 e. The number of furan rings is 1. The van der Waals surface area contributed by atoms with Gasteiger partial charge >= 0.3 is 0 Å². The molecule has 0 atom stereocenters. The molecule has 0 aliphatic rings. The molecule has 0 aliphatic heterocycles. The van der Waals surface area contributed by atoms with E-state index >= 15 is 0 Å². The van der Waals surface area contributed by atoms with E-state index in [0.29, 0.717) is 5.56 Å². The van der Waals surface area contributed by atoms with Crippen LogP contribution in [0, 0.1) is 18.3 Å². The summed E-state index contributed by atoms with van der Waals surface area (Å²) in [6.07, 6.45) is 2.06. The molecule has 8 aromatic rings. The molecule has 0 saturated carbocycles. The van der Waals surface area contributed by atoms with Crippen LogP contribution in [0.4, 0.5) is 0 Å². The Hall–Kier alpha value is -5.20. The molecule has 0 spiro atoms. The molecule has 3 heteroatoms. The smallest absolute Gasteiger partial charge is 0.216 e. The average Bonchev–Trinajstić information content (AvgIpc) is 3.34. The third-order valence-electron chi connectivity index (χ3n) is 8.23. The van der Waals surface area contributed by atoms with Crippen LogP contribution >= 0.6 is 0 Å². The fraction of sp³-hybridized carbons (Fsp3) is 0.0556. The molecule has 3 nitrogen and oxygen atoms in total. The van der Waals surface area contributed by atoms with E-state index in [9.17, 15) is 5.26 Å². The van der Waals surface area contributed by atoms with Gasteiger partial charge in [-0.05, 0) is 74.6 Å². The molecule has 0 N–H and O–H groups in total. The van der Waals surface area contributed by atoms with Crippen molar-refractivity contribution in [2.75, 3.05) is 0 Å². The summed E-state index contributed by atoms with van der Waals surface area (Å²) in [5.41, 5.74) is 7.40. The van der Waals surface area contributed by atoms with Crippen molar-refractivity contribution in [3.05, 3.63) is 114 Å². The second kappa shape index (κ2) is 7.90. The van der Waals surface area contributed by atoms with E-state index in [1.54, 1.807) is 0 Å². The highest BCUT2D eigenvalue weighted by atomic mass is 16.3. The summed E-state index contributed by atoms with van der Waals surface area (Å²) < 4.78 is 8.98. The van der Waals surface area contributed by atoms with Crippen molar-refractivity contribution >= 4 is 54.3 Å². The molecule has 2 heterocycles. The van der Waals surface area contributed by atoms with Crippen molar-refractivity contribution in [3.63, 3.8) is 0 Å². The number of hydrogen-bond donors (Lipinski definition) is 0. The predicted octanol–water partition coefficient (Wildman–Crippen LogP) is 8.82. The lowest BCUT2D eigenvalue weighted by Crippen LogP contribution is -2.30. The highest BCUT2D eigenvalue weighted by Gasteiger charge is 2.24.